The van der Waals surface area contributed by atoms with Crippen molar-refractivity contribution in [2.75, 3.05) is 5.75 Å². The molecule has 0 aliphatic carbocycles. The lowest BCUT2D eigenvalue weighted by atomic mass is 10.3. The summed E-state index contributed by atoms with van der Waals surface area (Å²) in [6, 6.07) is 9.78. The Labute approximate surface area is 125 Å². The van der Waals surface area contributed by atoms with E-state index in [0.717, 1.165) is 5.69 Å². The second-order valence-electron chi connectivity index (χ2n) is 4.19. The van der Waals surface area contributed by atoms with E-state index in [4.69, 9.17) is 4.42 Å². The number of thioether (sulfide) groups is 1. The Kier molecular flexibility index (Phi) is 3.87. The first kappa shape index (κ1) is 13.6. The van der Waals surface area contributed by atoms with E-state index < -0.39 is 0 Å². The molecule has 0 bridgehead atoms. The molecule has 21 heavy (non-hydrogen) atoms. The normalized spacial score (nSPS) is 10.7. The van der Waals surface area contributed by atoms with Crippen LogP contribution in [0.4, 0.5) is 4.39 Å². The Morgan fingerprint density at radius 1 is 1.24 bits per heavy atom. The van der Waals surface area contributed by atoms with E-state index in [0.29, 0.717) is 22.5 Å². The largest absolute Gasteiger partial charge is 0.461 e. The Bertz CT molecular complexity index is 735. The molecule has 0 unspecified atom stereocenters. The number of hydrogen-bond acceptors (Lipinski definition) is 4. The van der Waals surface area contributed by atoms with Gasteiger partial charge in [0.2, 0.25) is 5.82 Å². The van der Waals surface area contributed by atoms with Gasteiger partial charge >= 0.3 is 0 Å². The molecule has 2 heterocycles. The van der Waals surface area contributed by atoms with E-state index in [2.05, 4.69) is 16.8 Å². The lowest BCUT2D eigenvalue weighted by Crippen LogP contribution is -1.99. The molecule has 0 radical (unpaired) electrons. The number of aromatic nitrogens is 3. The SMILES string of the molecule is C=CCSc1nnc(-c2ccco2)n1-c1ccc(F)cc1. The van der Waals surface area contributed by atoms with Crippen molar-refractivity contribution in [2.24, 2.45) is 0 Å². The molecule has 0 N–H and O–H groups in total. The third kappa shape index (κ3) is 2.75. The van der Waals surface area contributed by atoms with E-state index in [1.165, 1.54) is 23.9 Å². The summed E-state index contributed by atoms with van der Waals surface area (Å²) < 4.78 is 20.4. The van der Waals surface area contributed by atoms with Crippen LogP contribution in [0.25, 0.3) is 17.3 Å². The van der Waals surface area contributed by atoms with E-state index in [-0.39, 0.29) is 5.82 Å². The Morgan fingerprint density at radius 2 is 2.05 bits per heavy atom. The number of rotatable bonds is 5. The molecule has 0 fully saturated rings. The summed E-state index contributed by atoms with van der Waals surface area (Å²) in [6.45, 7) is 3.70. The van der Waals surface area contributed by atoms with E-state index in [9.17, 15) is 4.39 Å². The standard InChI is InChI=1S/C15H12FN3OS/c1-2-10-21-15-18-17-14(13-4-3-9-20-13)19(15)12-7-5-11(16)6-8-12/h2-9H,1,10H2. The first-order valence-corrected chi connectivity index (χ1v) is 7.27. The highest BCUT2D eigenvalue weighted by atomic mass is 32.2. The second kappa shape index (κ2) is 5.97. The van der Waals surface area contributed by atoms with Gasteiger partial charge < -0.3 is 4.42 Å². The molecule has 6 heteroatoms. The maximum absolute atomic E-state index is 13.1. The minimum atomic E-state index is -0.285. The molecule has 3 aromatic rings. The third-order valence-corrected chi connectivity index (χ3v) is 3.71. The zero-order valence-corrected chi connectivity index (χ0v) is 11.9. The Balaban J connectivity index is 2.11. The smallest absolute Gasteiger partial charge is 0.205 e. The van der Waals surface area contributed by atoms with Crippen molar-refractivity contribution in [3.05, 3.63) is 61.1 Å². The number of nitrogens with zero attached hydrogens (tertiary/aromatic N) is 3. The molecular weight excluding hydrogens is 289 g/mol. The zero-order chi connectivity index (χ0) is 14.7. The Hall–Kier alpha value is -2.34. The molecule has 0 aliphatic rings. The minimum absolute atomic E-state index is 0.285. The van der Waals surface area contributed by atoms with Gasteiger partial charge in [-0.2, -0.15) is 0 Å². The van der Waals surface area contributed by atoms with Crippen LogP contribution in [-0.4, -0.2) is 20.5 Å². The summed E-state index contributed by atoms with van der Waals surface area (Å²) in [4.78, 5) is 0. The van der Waals surface area contributed by atoms with Gasteiger partial charge in [0.25, 0.3) is 0 Å². The van der Waals surface area contributed by atoms with Crippen LogP contribution in [0, 0.1) is 5.82 Å². The topological polar surface area (TPSA) is 43.9 Å². The van der Waals surface area contributed by atoms with Gasteiger partial charge in [0.05, 0.1) is 12.0 Å². The molecule has 0 saturated carbocycles. The van der Waals surface area contributed by atoms with Crippen molar-refractivity contribution in [3.8, 4) is 17.3 Å². The summed E-state index contributed by atoms with van der Waals surface area (Å²) in [5.74, 6) is 1.61. The third-order valence-electron chi connectivity index (χ3n) is 2.79. The fourth-order valence-electron chi connectivity index (χ4n) is 1.89. The highest BCUT2D eigenvalue weighted by Gasteiger charge is 2.17. The number of hydrogen-bond donors (Lipinski definition) is 0. The molecular formula is C15H12FN3OS. The maximum atomic E-state index is 13.1. The van der Waals surface area contributed by atoms with Gasteiger partial charge in [-0.05, 0) is 36.4 Å². The van der Waals surface area contributed by atoms with Crippen molar-refractivity contribution in [1.82, 2.24) is 14.8 Å². The molecule has 0 amide bonds. The van der Waals surface area contributed by atoms with Gasteiger partial charge in [0, 0.05) is 5.75 Å². The van der Waals surface area contributed by atoms with Gasteiger partial charge in [-0.25, -0.2) is 4.39 Å². The van der Waals surface area contributed by atoms with Crippen LogP contribution in [0.2, 0.25) is 0 Å². The summed E-state index contributed by atoms with van der Waals surface area (Å²) in [6.07, 6.45) is 3.37. The molecule has 0 atom stereocenters. The fraction of sp³-hybridized carbons (Fsp3) is 0.0667. The van der Waals surface area contributed by atoms with E-state index in [1.807, 2.05) is 10.6 Å². The van der Waals surface area contributed by atoms with Crippen LogP contribution < -0.4 is 0 Å². The van der Waals surface area contributed by atoms with Crippen LogP contribution in [0.3, 0.4) is 0 Å². The van der Waals surface area contributed by atoms with Crippen molar-refractivity contribution in [3.63, 3.8) is 0 Å². The fourth-order valence-corrected chi connectivity index (χ4v) is 2.57. The van der Waals surface area contributed by atoms with Crippen LogP contribution in [0.1, 0.15) is 0 Å². The lowest BCUT2D eigenvalue weighted by Gasteiger charge is -2.08. The van der Waals surface area contributed by atoms with Crippen LogP contribution in [0.15, 0.2) is 64.9 Å². The van der Waals surface area contributed by atoms with Gasteiger partial charge in [-0.3, -0.25) is 4.57 Å². The van der Waals surface area contributed by atoms with Gasteiger partial charge in [0.1, 0.15) is 5.82 Å². The molecule has 0 aliphatic heterocycles. The number of halogens is 1. The van der Waals surface area contributed by atoms with Gasteiger partial charge in [-0.1, -0.05) is 17.8 Å². The zero-order valence-electron chi connectivity index (χ0n) is 11.1. The molecule has 2 aromatic heterocycles. The van der Waals surface area contributed by atoms with Crippen LogP contribution in [0.5, 0.6) is 0 Å². The van der Waals surface area contributed by atoms with Crippen molar-refractivity contribution >= 4 is 11.8 Å². The molecule has 106 valence electrons. The van der Waals surface area contributed by atoms with Crippen molar-refractivity contribution in [1.29, 1.82) is 0 Å². The predicted octanol–water partition coefficient (Wildman–Crippen LogP) is 3.94. The minimum Gasteiger partial charge on any atom is -0.461 e. The van der Waals surface area contributed by atoms with Crippen molar-refractivity contribution in [2.45, 2.75) is 5.16 Å². The van der Waals surface area contributed by atoms with Crippen molar-refractivity contribution < 1.29 is 8.81 Å². The molecule has 4 nitrogen and oxygen atoms in total. The Morgan fingerprint density at radius 3 is 2.71 bits per heavy atom. The van der Waals surface area contributed by atoms with Crippen LogP contribution in [-0.2, 0) is 0 Å². The monoisotopic (exact) mass is 301 g/mol. The second-order valence-corrected chi connectivity index (χ2v) is 5.18. The van der Waals surface area contributed by atoms with Crippen LogP contribution >= 0.6 is 11.8 Å². The highest BCUT2D eigenvalue weighted by Crippen LogP contribution is 2.28. The maximum Gasteiger partial charge on any atom is 0.205 e. The lowest BCUT2D eigenvalue weighted by molar-refractivity contribution is 0.575. The summed E-state index contributed by atoms with van der Waals surface area (Å²) in [7, 11) is 0. The number of furan rings is 1. The predicted molar refractivity (Wildman–Crippen MR) is 79.9 cm³/mol. The average Bonchev–Trinajstić information content (AvgIpc) is 3.15. The molecule has 0 spiro atoms. The summed E-state index contributed by atoms with van der Waals surface area (Å²) in [5, 5.41) is 9.07. The molecule has 0 saturated heterocycles. The van der Waals surface area contributed by atoms with Gasteiger partial charge in [0.15, 0.2) is 10.9 Å². The molecule has 1 aromatic carbocycles. The van der Waals surface area contributed by atoms with Gasteiger partial charge in [-0.15, -0.1) is 16.8 Å². The summed E-state index contributed by atoms with van der Waals surface area (Å²) >= 11 is 1.50. The number of benzene rings is 1. The van der Waals surface area contributed by atoms with E-state index in [1.54, 1.807) is 30.5 Å². The molecule has 3 rings (SSSR count). The highest BCUT2D eigenvalue weighted by molar-refractivity contribution is 7.99. The van der Waals surface area contributed by atoms with E-state index >= 15 is 0 Å². The first-order chi connectivity index (χ1) is 10.3. The first-order valence-electron chi connectivity index (χ1n) is 6.28. The average molecular weight is 301 g/mol. The summed E-state index contributed by atoms with van der Waals surface area (Å²) in [5.41, 5.74) is 0.777. The quantitative estimate of drug-likeness (QED) is 0.529.